The van der Waals surface area contributed by atoms with Gasteiger partial charge in [0.25, 0.3) is 0 Å². The third-order valence-corrected chi connectivity index (χ3v) is 2.67. The number of likely N-dealkylation sites (N-methyl/N-ethyl adjacent to an activating group) is 1. The molecule has 0 spiro atoms. The first-order chi connectivity index (χ1) is 9.51. The molecule has 0 aliphatic heterocycles. The van der Waals surface area contributed by atoms with Gasteiger partial charge in [0.05, 0.1) is 6.54 Å². The van der Waals surface area contributed by atoms with Crippen molar-refractivity contribution in [3.8, 4) is 0 Å². The van der Waals surface area contributed by atoms with Gasteiger partial charge >= 0.3 is 0 Å². The lowest BCUT2D eigenvalue weighted by Gasteiger charge is -2.19. The van der Waals surface area contributed by atoms with Crippen molar-refractivity contribution in [2.45, 2.75) is 13.8 Å². The Balaban J connectivity index is 2.77. The molecular formula is C11H22N8O. The molecule has 0 unspecified atom stereocenters. The second kappa shape index (κ2) is 7.43. The lowest BCUT2D eigenvalue weighted by Crippen LogP contribution is -2.35. The number of amides is 1. The second-order valence-electron chi connectivity index (χ2n) is 4.24. The molecule has 0 radical (unpaired) electrons. The van der Waals surface area contributed by atoms with Crippen LogP contribution in [0.15, 0.2) is 0 Å². The SMILES string of the molecule is CCN(CC)C(=O)CNc1nc(NN)nc(N(C)C)n1. The van der Waals surface area contributed by atoms with Crippen LogP contribution in [-0.2, 0) is 4.79 Å². The fourth-order valence-corrected chi connectivity index (χ4v) is 1.55. The van der Waals surface area contributed by atoms with Crippen LogP contribution in [0.25, 0.3) is 0 Å². The van der Waals surface area contributed by atoms with Crippen molar-refractivity contribution in [1.29, 1.82) is 0 Å². The number of hydrogen-bond donors (Lipinski definition) is 3. The average Bonchev–Trinajstić information content (AvgIpc) is 2.45. The highest BCUT2D eigenvalue weighted by molar-refractivity contribution is 5.80. The zero-order chi connectivity index (χ0) is 15.1. The largest absolute Gasteiger partial charge is 0.347 e. The van der Waals surface area contributed by atoms with Crippen molar-refractivity contribution in [3.63, 3.8) is 0 Å². The number of carbonyl (C=O) groups is 1. The number of hydrazine groups is 1. The molecule has 0 saturated carbocycles. The molecule has 4 N–H and O–H groups in total. The minimum atomic E-state index is -0.0101. The summed E-state index contributed by atoms with van der Waals surface area (Å²) in [5.41, 5.74) is 2.37. The van der Waals surface area contributed by atoms with Crippen molar-refractivity contribution in [1.82, 2.24) is 19.9 Å². The maximum Gasteiger partial charge on any atom is 0.243 e. The molecule has 0 fully saturated rings. The summed E-state index contributed by atoms with van der Waals surface area (Å²) in [6.45, 7) is 5.35. The van der Waals surface area contributed by atoms with Crippen LogP contribution in [0.2, 0.25) is 0 Å². The van der Waals surface area contributed by atoms with Gasteiger partial charge in [-0.3, -0.25) is 10.2 Å². The van der Waals surface area contributed by atoms with Gasteiger partial charge in [0.2, 0.25) is 23.8 Å². The van der Waals surface area contributed by atoms with Gasteiger partial charge < -0.3 is 15.1 Å². The van der Waals surface area contributed by atoms with Crippen LogP contribution in [-0.4, -0.2) is 59.5 Å². The lowest BCUT2D eigenvalue weighted by molar-refractivity contribution is -0.128. The number of aromatic nitrogens is 3. The van der Waals surface area contributed by atoms with E-state index < -0.39 is 0 Å². The minimum absolute atomic E-state index is 0.0101. The van der Waals surface area contributed by atoms with E-state index in [0.29, 0.717) is 25.0 Å². The quantitative estimate of drug-likeness (QED) is 0.453. The molecule has 9 heteroatoms. The summed E-state index contributed by atoms with van der Waals surface area (Å²) in [5, 5.41) is 2.89. The summed E-state index contributed by atoms with van der Waals surface area (Å²) in [7, 11) is 3.61. The molecule has 20 heavy (non-hydrogen) atoms. The molecule has 0 aromatic carbocycles. The summed E-state index contributed by atoms with van der Waals surface area (Å²) in [6, 6.07) is 0. The molecule has 0 aliphatic rings. The van der Waals surface area contributed by atoms with Crippen molar-refractivity contribution in [2.75, 3.05) is 49.4 Å². The molecule has 0 atom stereocenters. The molecule has 1 aromatic heterocycles. The number of nitrogens with one attached hydrogen (secondary N) is 2. The highest BCUT2D eigenvalue weighted by Gasteiger charge is 2.11. The van der Waals surface area contributed by atoms with Crippen molar-refractivity contribution < 1.29 is 4.79 Å². The fourth-order valence-electron chi connectivity index (χ4n) is 1.55. The van der Waals surface area contributed by atoms with E-state index >= 15 is 0 Å². The molecule has 1 aromatic rings. The molecule has 0 aliphatic carbocycles. The smallest absolute Gasteiger partial charge is 0.243 e. The van der Waals surface area contributed by atoms with Gasteiger partial charge in [-0.1, -0.05) is 0 Å². The number of hydrogen-bond acceptors (Lipinski definition) is 8. The fraction of sp³-hybridized carbons (Fsp3) is 0.636. The topological polar surface area (TPSA) is 112 Å². The minimum Gasteiger partial charge on any atom is -0.347 e. The van der Waals surface area contributed by atoms with E-state index in [1.54, 1.807) is 23.9 Å². The Morgan fingerprint density at radius 1 is 1.15 bits per heavy atom. The summed E-state index contributed by atoms with van der Waals surface area (Å²) in [6.07, 6.45) is 0. The van der Waals surface area contributed by atoms with Crippen LogP contribution >= 0.6 is 0 Å². The van der Waals surface area contributed by atoms with Gasteiger partial charge in [-0.15, -0.1) is 0 Å². The normalized spacial score (nSPS) is 10.1. The number of nitrogens with zero attached hydrogens (tertiary/aromatic N) is 5. The summed E-state index contributed by atoms with van der Waals surface area (Å²) in [4.78, 5) is 27.7. The van der Waals surface area contributed by atoms with Gasteiger partial charge in [0.15, 0.2) is 0 Å². The molecule has 1 rings (SSSR count). The number of nitrogen functional groups attached to an aromatic ring is 1. The van der Waals surface area contributed by atoms with Crippen LogP contribution in [0, 0.1) is 0 Å². The Bertz CT molecular complexity index is 446. The van der Waals surface area contributed by atoms with E-state index in [1.165, 1.54) is 0 Å². The van der Waals surface area contributed by atoms with E-state index in [-0.39, 0.29) is 18.4 Å². The molecule has 1 heterocycles. The Morgan fingerprint density at radius 2 is 1.75 bits per heavy atom. The lowest BCUT2D eigenvalue weighted by atomic mass is 10.4. The predicted molar refractivity (Wildman–Crippen MR) is 78.4 cm³/mol. The molecule has 9 nitrogen and oxygen atoms in total. The highest BCUT2D eigenvalue weighted by Crippen LogP contribution is 2.10. The van der Waals surface area contributed by atoms with Gasteiger partial charge in [0, 0.05) is 27.2 Å². The van der Waals surface area contributed by atoms with Gasteiger partial charge in [-0.05, 0) is 13.8 Å². The summed E-state index contributed by atoms with van der Waals surface area (Å²) in [5.74, 6) is 6.29. The van der Waals surface area contributed by atoms with Crippen LogP contribution in [0.1, 0.15) is 13.8 Å². The Kier molecular flexibility index (Phi) is 5.91. The van der Waals surface area contributed by atoms with Gasteiger partial charge in [0.1, 0.15) is 0 Å². The van der Waals surface area contributed by atoms with E-state index in [2.05, 4.69) is 25.7 Å². The van der Waals surface area contributed by atoms with Crippen molar-refractivity contribution in [3.05, 3.63) is 0 Å². The third kappa shape index (κ3) is 4.19. The van der Waals surface area contributed by atoms with Crippen LogP contribution in [0.4, 0.5) is 17.8 Å². The van der Waals surface area contributed by atoms with Crippen molar-refractivity contribution >= 4 is 23.8 Å². The van der Waals surface area contributed by atoms with Crippen LogP contribution < -0.4 is 21.5 Å². The summed E-state index contributed by atoms with van der Waals surface area (Å²) < 4.78 is 0. The van der Waals surface area contributed by atoms with Crippen LogP contribution in [0.5, 0.6) is 0 Å². The first-order valence-corrected chi connectivity index (χ1v) is 6.43. The predicted octanol–water partition coefficient (Wildman–Crippen LogP) is -0.496. The standard InChI is InChI=1S/C11H22N8O/c1-5-19(6-2)8(20)7-13-9-14-10(17-12)16-11(15-9)18(3)4/h5-7,12H2,1-4H3,(H2,13,14,15,16,17). The molecule has 1 amide bonds. The molecule has 0 saturated heterocycles. The zero-order valence-electron chi connectivity index (χ0n) is 12.3. The Hall–Kier alpha value is -2.16. The summed E-state index contributed by atoms with van der Waals surface area (Å²) >= 11 is 0. The zero-order valence-corrected chi connectivity index (χ0v) is 12.3. The van der Waals surface area contributed by atoms with E-state index in [0.717, 1.165) is 0 Å². The molecule has 0 bridgehead atoms. The highest BCUT2D eigenvalue weighted by atomic mass is 16.2. The van der Waals surface area contributed by atoms with E-state index in [1.807, 2.05) is 13.8 Å². The van der Waals surface area contributed by atoms with Crippen molar-refractivity contribution in [2.24, 2.45) is 5.84 Å². The first kappa shape index (κ1) is 15.9. The Morgan fingerprint density at radius 3 is 2.25 bits per heavy atom. The second-order valence-corrected chi connectivity index (χ2v) is 4.24. The molecular weight excluding hydrogens is 260 g/mol. The number of carbonyl (C=O) groups excluding carboxylic acids is 1. The van der Waals surface area contributed by atoms with E-state index in [9.17, 15) is 4.79 Å². The average molecular weight is 282 g/mol. The maximum atomic E-state index is 11.9. The monoisotopic (exact) mass is 282 g/mol. The number of rotatable bonds is 7. The molecule has 112 valence electrons. The van der Waals surface area contributed by atoms with Gasteiger partial charge in [-0.2, -0.15) is 15.0 Å². The Labute approximate surface area is 118 Å². The first-order valence-electron chi connectivity index (χ1n) is 6.43. The maximum absolute atomic E-state index is 11.9. The van der Waals surface area contributed by atoms with E-state index in [4.69, 9.17) is 5.84 Å². The number of anilines is 3. The third-order valence-electron chi connectivity index (χ3n) is 2.67. The number of nitrogens with two attached hydrogens (primary N) is 1. The van der Waals surface area contributed by atoms with Crippen LogP contribution in [0.3, 0.4) is 0 Å². The van der Waals surface area contributed by atoms with Gasteiger partial charge in [-0.25, -0.2) is 5.84 Å².